The second-order valence-electron chi connectivity index (χ2n) is 11.6. The Morgan fingerprint density at radius 2 is 1.78 bits per heavy atom. The Bertz CT molecular complexity index is 776. The number of aliphatic hydroxyl groups is 1. The van der Waals surface area contributed by atoms with Crippen LogP contribution < -0.4 is 0 Å². The van der Waals surface area contributed by atoms with Crippen LogP contribution in [0.2, 0.25) is 0 Å². The van der Waals surface area contributed by atoms with Crippen LogP contribution >= 0.6 is 22.6 Å². The van der Waals surface area contributed by atoms with Crippen LogP contribution in [-0.4, -0.2) is 21.4 Å². The molecule has 7 atom stereocenters. The Morgan fingerprint density at radius 1 is 1.03 bits per heavy atom. The van der Waals surface area contributed by atoms with Crippen molar-refractivity contribution in [2.45, 2.75) is 110 Å². The summed E-state index contributed by atoms with van der Waals surface area (Å²) in [6, 6.07) is 0. The van der Waals surface area contributed by atoms with Crippen molar-refractivity contribution < 1.29 is 9.90 Å². The van der Waals surface area contributed by atoms with Gasteiger partial charge in [0.2, 0.25) is 0 Å². The summed E-state index contributed by atoms with van der Waals surface area (Å²) in [6.45, 7) is 4.80. The maximum absolute atomic E-state index is 12.1. The minimum absolute atomic E-state index is 0.0460. The highest BCUT2D eigenvalue weighted by atomic mass is 127. The van der Waals surface area contributed by atoms with Crippen LogP contribution in [0.15, 0.2) is 11.6 Å². The van der Waals surface area contributed by atoms with Crippen LogP contribution in [0.3, 0.4) is 0 Å². The normalized spacial score (nSPS) is 40.6. The molecule has 4 aliphatic carbocycles. The molecule has 0 aromatic rings. The van der Waals surface area contributed by atoms with Gasteiger partial charge in [0.05, 0.1) is 6.10 Å². The molecule has 178 valence electrons. The van der Waals surface area contributed by atoms with E-state index in [1.54, 1.807) is 0 Å². The van der Waals surface area contributed by atoms with E-state index in [4.69, 9.17) is 0 Å². The smallest absolute Gasteiger partial charge is 0.155 e. The first-order valence-electron chi connectivity index (χ1n) is 13.4. The maximum atomic E-state index is 12.1. The first kappa shape index (κ1) is 24.8. The average molecular weight is 551 g/mol. The van der Waals surface area contributed by atoms with E-state index in [-0.39, 0.29) is 16.9 Å². The zero-order chi connectivity index (χ0) is 22.8. The highest BCUT2D eigenvalue weighted by Crippen LogP contribution is 2.66. The minimum atomic E-state index is -0.205. The SMILES string of the molecule is C[C@]12C(C#CCCCCCCCCI)C[C@H]3[C@@H](CCC4=CC(=O)CC[C@@]43C)[C@@H]1CC[C@H]2O. The fourth-order valence-corrected chi connectivity index (χ4v) is 8.51. The minimum Gasteiger partial charge on any atom is -0.393 e. The molecule has 0 heterocycles. The molecule has 3 fully saturated rings. The predicted octanol–water partition coefficient (Wildman–Crippen LogP) is 7.27. The van der Waals surface area contributed by atoms with E-state index in [0.717, 1.165) is 38.5 Å². The van der Waals surface area contributed by atoms with E-state index in [9.17, 15) is 9.90 Å². The lowest BCUT2D eigenvalue weighted by molar-refractivity contribution is -0.119. The summed E-state index contributed by atoms with van der Waals surface area (Å²) in [5.41, 5.74) is 1.55. The molecule has 0 aromatic carbocycles. The second-order valence-corrected chi connectivity index (χ2v) is 12.7. The number of ketones is 1. The van der Waals surface area contributed by atoms with Gasteiger partial charge in [-0.15, -0.1) is 5.92 Å². The second kappa shape index (κ2) is 10.5. The van der Waals surface area contributed by atoms with E-state index in [1.165, 1.54) is 54.9 Å². The van der Waals surface area contributed by atoms with E-state index in [2.05, 4.69) is 48.3 Å². The molecular formula is C29H43IO2. The summed E-state index contributed by atoms with van der Waals surface area (Å²) in [4.78, 5) is 12.1. The number of carbonyl (C=O) groups is 1. The van der Waals surface area contributed by atoms with Gasteiger partial charge in [-0.1, -0.05) is 73.6 Å². The van der Waals surface area contributed by atoms with Crippen LogP contribution in [0.25, 0.3) is 0 Å². The lowest BCUT2D eigenvalue weighted by Gasteiger charge is -2.59. The number of halogens is 1. The number of hydrogen-bond donors (Lipinski definition) is 1. The van der Waals surface area contributed by atoms with Crippen LogP contribution in [-0.2, 0) is 4.79 Å². The Labute approximate surface area is 209 Å². The first-order valence-corrected chi connectivity index (χ1v) is 14.9. The van der Waals surface area contributed by atoms with Crippen molar-refractivity contribution in [2.24, 2.45) is 34.5 Å². The molecule has 0 amide bonds. The molecule has 4 aliphatic rings. The Balaban J connectivity index is 1.45. The Hall–Kier alpha value is -0.340. The van der Waals surface area contributed by atoms with Gasteiger partial charge in [-0.05, 0) is 85.0 Å². The van der Waals surface area contributed by atoms with E-state index < -0.39 is 0 Å². The van der Waals surface area contributed by atoms with Gasteiger partial charge in [-0.25, -0.2) is 0 Å². The van der Waals surface area contributed by atoms with Gasteiger partial charge < -0.3 is 5.11 Å². The summed E-state index contributed by atoms with van der Waals surface area (Å²) >= 11 is 2.47. The number of aliphatic hydroxyl groups excluding tert-OH is 1. The third-order valence-electron chi connectivity index (χ3n) is 10.0. The Kier molecular flexibility index (Phi) is 8.14. The third kappa shape index (κ3) is 4.61. The largest absolute Gasteiger partial charge is 0.393 e. The van der Waals surface area contributed by atoms with Gasteiger partial charge in [-0.3, -0.25) is 4.79 Å². The zero-order valence-electron chi connectivity index (χ0n) is 20.3. The van der Waals surface area contributed by atoms with Crippen molar-refractivity contribution in [3.63, 3.8) is 0 Å². The van der Waals surface area contributed by atoms with Crippen molar-refractivity contribution in [2.75, 3.05) is 4.43 Å². The van der Waals surface area contributed by atoms with E-state index >= 15 is 0 Å². The van der Waals surface area contributed by atoms with Crippen LogP contribution in [0.5, 0.6) is 0 Å². The first-order chi connectivity index (χ1) is 15.4. The fourth-order valence-electron chi connectivity index (χ4n) is 7.97. The Morgan fingerprint density at radius 3 is 2.56 bits per heavy atom. The standard InChI is InChI=1S/C29H43IO2/c1-28-17-16-23(31)19-21(28)12-13-24-25-14-15-27(32)29(25,2)22(20-26(24)28)11-9-7-5-3-4-6-8-10-18-30/h19,22,24-27,32H,3-8,10,12-18,20H2,1-2H3/t22?,24-,25-,26-,27+,28-,29-/m0/s1. The number of hydrogen-bond acceptors (Lipinski definition) is 2. The molecule has 1 unspecified atom stereocenters. The van der Waals surface area contributed by atoms with Gasteiger partial charge in [0.15, 0.2) is 5.78 Å². The van der Waals surface area contributed by atoms with Crippen molar-refractivity contribution in [3.8, 4) is 11.8 Å². The van der Waals surface area contributed by atoms with Crippen molar-refractivity contribution in [1.29, 1.82) is 0 Å². The summed E-state index contributed by atoms with van der Waals surface area (Å²) in [5, 5.41) is 11.1. The molecule has 1 N–H and O–H groups in total. The molecule has 4 rings (SSSR count). The summed E-state index contributed by atoms with van der Waals surface area (Å²) in [7, 11) is 0. The molecule has 0 aromatic heterocycles. The molecule has 3 heteroatoms. The molecule has 0 saturated heterocycles. The third-order valence-corrected chi connectivity index (χ3v) is 10.8. The van der Waals surface area contributed by atoms with Crippen LogP contribution in [0.4, 0.5) is 0 Å². The highest BCUT2D eigenvalue weighted by molar-refractivity contribution is 14.1. The molecule has 0 radical (unpaired) electrons. The fraction of sp³-hybridized carbons (Fsp3) is 0.828. The molecule has 32 heavy (non-hydrogen) atoms. The number of unbranched alkanes of at least 4 members (excludes halogenated alkanes) is 6. The number of rotatable bonds is 7. The molecule has 0 spiro atoms. The monoisotopic (exact) mass is 550 g/mol. The lowest BCUT2D eigenvalue weighted by Crippen LogP contribution is -2.54. The van der Waals surface area contributed by atoms with Crippen LogP contribution in [0.1, 0.15) is 104 Å². The van der Waals surface area contributed by atoms with Gasteiger partial charge >= 0.3 is 0 Å². The van der Waals surface area contributed by atoms with Crippen LogP contribution in [0, 0.1) is 46.3 Å². The van der Waals surface area contributed by atoms with Gasteiger partial charge in [0.25, 0.3) is 0 Å². The van der Waals surface area contributed by atoms with Crippen molar-refractivity contribution in [3.05, 3.63) is 11.6 Å². The van der Waals surface area contributed by atoms with Gasteiger partial charge in [-0.2, -0.15) is 0 Å². The number of allylic oxidation sites excluding steroid dienone is 1. The summed E-state index contributed by atoms with van der Waals surface area (Å²) < 4.78 is 1.28. The molecular weight excluding hydrogens is 507 g/mol. The quantitative estimate of drug-likeness (QED) is 0.157. The van der Waals surface area contributed by atoms with Crippen molar-refractivity contribution in [1.82, 2.24) is 0 Å². The molecule has 3 saturated carbocycles. The van der Waals surface area contributed by atoms with Gasteiger partial charge in [0, 0.05) is 24.2 Å². The molecule has 0 aliphatic heterocycles. The number of alkyl halides is 1. The van der Waals surface area contributed by atoms with E-state index in [0.29, 0.717) is 35.9 Å². The highest BCUT2D eigenvalue weighted by Gasteiger charge is 2.62. The number of carbonyl (C=O) groups excluding carboxylic acids is 1. The topological polar surface area (TPSA) is 37.3 Å². The summed E-state index contributed by atoms with van der Waals surface area (Å²) in [6.07, 6.45) is 18.0. The zero-order valence-corrected chi connectivity index (χ0v) is 22.5. The number of fused-ring (bicyclic) bond motifs is 5. The maximum Gasteiger partial charge on any atom is 0.155 e. The average Bonchev–Trinajstić information content (AvgIpc) is 3.09. The lowest BCUT2D eigenvalue weighted by atomic mass is 9.45. The van der Waals surface area contributed by atoms with E-state index in [1.807, 2.05) is 6.08 Å². The van der Waals surface area contributed by atoms with Crippen molar-refractivity contribution >= 4 is 28.4 Å². The molecule has 2 nitrogen and oxygen atoms in total. The summed E-state index contributed by atoms with van der Waals surface area (Å²) in [5.74, 6) is 9.83. The molecule has 0 bridgehead atoms. The predicted molar refractivity (Wildman–Crippen MR) is 141 cm³/mol. The van der Waals surface area contributed by atoms with Gasteiger partial charge in [0.1, 0.15) is 0 Å².